The topological polar surface area (TPSA) is 40.6 Å². The van der Waals surface area contributed by atoms with Crippen LogP contribution in [-0.4, -0.2) is 21.0 Å². The molecule has 5 heteroatoms. The first kappa shape index (κ1) is 18.3. The molecule has 1 fully saturated rings. The summed E-state index contributed by atoms with van der Waals surface area (Å²) in [5, 5.41) is 0. The zero-order valence-corrected chi connectivity index (χ0v) is 17.3. The normalized spacial score (nSPS) is 16.0. The van der Waals surface area contributed by atoms with Gasteiger partial charge in [-0.25, -0.2) is 8.42 Å². The number of hydrogen-bond acceptors (Lipinski definition) is 3. The molecule has 1 heterocycles. The second kappa shape index (κ2) is 6.92. The van der Waals surface area contributed by atoms with E-state index in [9.17, 15) is 8.42 Å². The Morgan fingerprint density at radius 1 is 0.931 bits per heavy atom. The average molecular weight is 405 g/mol. The van der Waals surface area contributed by atoms with Gasteiger partial charge in [0.1, 0.15) is 0 Å². The molecule has 1 aliphatic carbocycles. The summed E-state index contributed by atoms with van der Waals surface area (Å²) in [7, 11) is -3.53. The van der Waals surface area contributed by atoms with Crippen molar-refractivity contribution in [2.75, 3.05) is 15.7 Å². The number of sulfonamides is 1. The molecule has 0 atom stereocenters. The lowest BCUT2D eigenvalue weighted by Crippen LogP contribution is -2.29. The first-order valence-corrected chi connectivity index (χ1v) is 11.6. The van der Waals surface area contributed by atoms with E-state index in [-0.39, 0.29) is 0 Å². The van der Waals surface area contributed by atoms with Gasteiger partial charge >= 0.3 is 0 Å². The van der Waals surface area contributed by atoms with Crippen molar-refractivity contribution in [2.24, 2.45) is 0 Å². The summed E-state index contributed by atoms with van der Waals surface area (Å²) in [6, 6.07) is 23.9. The Balaban J connectivity index is 1.52. The maximum atomic E-state index is 13.1. The van der Waals surface area contributed by atoms with E-state index in [4.69, 9.17) is 0 Å². The lowest BCUT2D eigenvalue weighted by molar-refractivity contribution is 0.592. The van der Waals surface area contributed by atoms with Crippen LogP contribution in [0.15, 0.2) is 77.7 Å². The molecule has 0 saturated heterocycles. The number of nitrogens with zero attached hydrogens (tertiary/aromatic N) is 2. The van der Waals surface area contributed by atoms with E-state index in [1.54, 1.807) is 28.6 Å². The number of benzene rings is 3. The number of para-hydroxylation sites is 1. The van der Waals surface area contributed by atoms with Crippen LogP contribution in [-0.2, 0) is 16.4 Å². The number of fused-ring (bicyclic) bond motifs is 1. The predicted octanol–water partition coefficient (Wildman–Crippen LogP) is 5.05. The Bertz CT molecular complexity index is 1150. The van der Waals surface area contributed by atoms with Crippen LogP contribution in [0.4, 0.5) is 17.1 Å². The summed E-state index contributed by atoms with van der Waals surface area (Å²) in [6.07, 6.45) is 3.13. The molecule has 0 unspecified atom stereocenters. The van der Waals surface area contributed by atoms with Crippen LogP contribution in [0.5, 0.6) is 0 Å². The van der Waals surface area contributed by atoms with Crippen LogP contribution in [0.3, 0.4) is 0 Å². The van der Waals surface area contributed by atoms with E-state index >= 15 is 0 Å². The molecule has 3 aromatic carbocycles. The van der Waals surface area contributed by atoms with Gasteiger partial charge in [-0.15, -0.1) is 0 Å². The van der Waals surface area contributed by atoms with Crippen LogP contribution in [0.25, 0.3) is 0 Å². The highest BCUT2D eigenvalue weighted by molar-refractivity contribution is 7.92. The third-order valence-electron chi connectivity index (χ3n) is 5.81. The van der Waals surface area contributed by atoms with Crippen molar-refractivity contribution in [2.45, 2.75) is 37.1 Å². The van der Waals surface area contributed by atoms with Gasteiger partial charge in [-0.05, 0) is 73.7 Å². The Kier molecular flexibility index (Phi) is 4.36. The van der Waals surface area contributed by atoms with Crippen LogP contribution in [0.2, 0.25) is 0 Å². The second-order valence-electron chi connectivity index (χ2n) is 7.84. The minimum absolute atomic E-state index is 0.344. The van der Waals surface area contributed by atoms with Crippen LogP contribution >= 0.6 is 0 Å². The van der Waals surface area contributed by atoms with E-state index in [0.717, 1.165) is 23.4 Å². The van der Waals surface area contributed by atoms with Gasteiger partial charge in [0.15, 0.2) is 0 Å². The van der Waals surface area contributed by atoms with Gasteiger partial charge in [0.2, 0.25) is 0 Å². The molecule has 2 aliphatic rings. The van der Waals surface area contributed by atoms with E-state index < -0.39 is 10.0 Å². The highest BCUT2D eigenvalue weighted by Gasteiger charge is 2.34. The van der Waals surface area contributed by atoms with Crippen molar-refractivity contribution in [3.8, 4) is 0 Å². The predicted molar refractivity (Wildman–Crippen MR) is 117 cm³/mol. The van der Waals surface area contributed by atoms with E-state index in [1.165, 1.54) is 24.1 Å². The van der Waals surface area contributed by atoms with Crippen molar-refractivity contribution in [3.05, 3.63) is 83.9 Å². The Morgan fingerprint density at radius 3 is 2.38 bits per heavy atom. The van der Waals surface area contributed by atoms with Crippen molar-refractivity contribution < 1.29 is 8.42 Å². The standard InChI is InChI=1S/C24H24N2O2S/c1-18-7-5-6-10-23(18)26(20-11-12-20)21-13-14-24-19(17-21)15-16-25(24)29(27,28)22-8-3-2-4-9-22/h2-10,13-14,17,20H,11-12,15-16H2,1H3. The quantitative estimate of drug-likeness (QED) is 0.598. The van der Waals surface area contributed by atoms with Crippen molar-refractivity contribution in [1.82, 2.24) is 0 Å². The Morgan fingerprint density at radius 2 is 1.66 bits per heavy atom. The molecule has 29 heavy (non-hydrogen) atoms. The molecule has 3 aromatic rings. The fourth-order valence-corrected chi connectivity index (χ4v) is 5.71. The first-order chi connectivity index (χ1) is 14.1. The van der Waals surface area contributed by atoms with Gasteiger partial charge in [-0.2, -0.15) is 0 Å². The van der Waals surface area contributed by atoms with Gasteiger partial charge < -0.3 is 4.90 Å². The Hall–Kier alpha value is -2.79. The van der Waals surface area contributed by atoms with E-state index in [0.29, 0.717) is 17.5 Å². The monoisotopic (exact) mass is 404 g/mol. The summed E-state index contributed by atoms with van der Waals surface area (Å²) < 4.78 is 27.8. The molecule has 0 aromatic heterocycles. The molecule has 1 aliphatic heterocycles. The highest BCUT2D eigenvalue weighted by atomic mass is 32.2. The molecule has 5 rings (SSSR count). The maximum Gasteiger partial charge on any atom is 0.264 e. The minimum Gasteiger partial charge on any atom is -0.338 e. The van der Waals surface area contributed by atoms with E-state index in [1.807, 2.05) is 12.1 Å². The minimum atomic E-state index is -3.53. The molecule has 0 N–H and O–H groups in total. The number of aryl methyl sites for hydroxylation is 1. The second-order valence-corrected chi connectivity index (χ2v) is 9.70. The summed E-state index contributed by atoms with van der Waals surface area (Å²) in [6.45, 7) is 2.63. The summed E-state index contributed by atoms with van der Waals surface area (Å²) in [4.78, 5) is 2.76. The zero-order valence-electron chi connectivity index (χ0n) is 16.5. The summed E-state index contributed by atoms with van der Waals surface area (Å²) >= 11 is 0. The third kappa shape index (κ3) is 3.19. The van der Waals surface area contributed by atoms with Gasteiger partial charge in [-0.1, -0.05) is 36.4 Å². The molecule has 0 radical (unpaired) electrons. The Labute approximate surface area is 172 Å². The lowest BCUT2D eigenvalue weighted by Gasteiger charge is -2.27. The molecule has 1 saturated carbocycles. The van der Waals surface area contributed by atoms with Gasteiger partial charge in [0.05, 0.1) is 10.6 Å². The fraction of sp³-hybridized carbons (Fsp3) is 0.250. The van der Waals surface area contributed by atoms with Gasteiger partial charge in [-0.3, -0.25) is 4.31 Å². The molecule has 4 nitrogen and oxygen atoms in total. The first-order valence-electron chi connectivity index (χ1n) is 10.1. The van der Waals surface area contributed by atoms with Crippen LogP contribution in [0.1, 0.15) is 24.0 Å². The molecule has 0 spiro atoms. The fourth-order valence-electron chi connectivity index (χ4n) is 4.19. The molecule has 0 bridgehead atoms. The third-order valence-corrected chi connectivity index (χ3v) is 7.64. The van der Waals surface area contributed by atoms with Gasteiger partial charge in [0, 0.05) is 24.0 Å². The largest absolute Gasteiger partial charge is 0.338 e. The van der Waals surface area contributed by atoms with E-state index in [2.05, 4.69) is 48.2 Å². The van der Waals surface area contributed by atoms with Gasteiger partial charge in [0.25, 0.3) is 10.0 Å². The van der Waals surface area contributed by atoms with Crippen molar-refractivity contribution in [1.29, 1.82) is 0 Å². The van der Waals surface area contributed by atoms with Crippen LogP contribution in [0, 0.1) is 6.92 Å². The summed E-state index contributed by atoms with van der Waals surface area (Å²) in [5.74, 6) is 0. The lowest BCUT2D eigenvalue weighted by atomic mass is 10.1. The maximum absolute atomic E-state index is 13.1. The number of anilines is 3. The molecular formula is C24H24N2O2S. The van der Waals surface area contributed by atoms with Crippen molar-refractivity contribution in [3.63, 3.8) is 0 Å². The average Bonchev–Trinajstić information content (AvgIpc) is 3.47. The summed E-state index contributed by atoms with van der Waals surface area (Å²) in [5.41, 5.74) is 5.55. The zero-order chi connectivity index (χ0) is 20.0. The SMILES string of the molecule is Cc1ccccc1N(c1ccc2c(c1)CCN2S(=O)(=O)c1ccccc1)C1CC1. The number of rotatable bonds is 5. The molecule has 0 amide bonds. The molecule has 148 valence electrons. The van der Waals surface area contributed by atoms with Crippen molar-refractivity contribution >= 4 is 27.1 Å². The highest BCUT2D eigenvalue weighted by Crippen LogP contribution is 2.42. The smallest absolute Gasteiger partial charge is 0.264 e. The number of hydrogen-bond donors (Lipinski definition) is 0. The molecular weight excluding hydrogens is 380 g/mol. The van der Waals surface area contributed by atoms with Crippen LogP contribution < -0.4 is 9.21 Å².